The number of nitrogens with zero attached hydrogens (tertiary/aromatic N) is 2. The monoisotopic (exact) mass is 361 g/mol. The minimum atomic E-state index is -0.878. The van der Waals surface area contributed by atoms with E-state index in [1.165, 1.54) is 6.07 Å². The maximum Gasteiger partial charge on any atom is 0.343 e. The number of hydrogen-bond acceptors (Lipinski definition) is 10. The molecule has 5 N–H and O–H groups in total. The van der Waals surface area contributed by atoms with Crippen molar-refractivity contribution in [1.29, 1.82) is 5.26 Å². The zero-order valence-corrected chi connectivity index (χ0v) is 13.6. The second-order valence-corrected chi connectivity index (χ2v) is 4.88. The highest BCUT2D eigenvalue weighted by Crippen LogP contribution is 2.38. The summed E-state index contributed by atoms with van der Waals surface area (Å²) in [6.07, 6.45) is 1.11. The van der Waals surface area contributed by atoms with Crippen LogP contribution < -0.4 is 5.32 Å². The first-order valence-corrected chi connectivity index (χ1v) is 7.22. The third kappa shape index (κ3) is 3.68. The first-order valence-electron chi connectivity index (χ1n) is 7.22. The summed E-state index contributed by atoms with van der Waals surface area (Å²) < 4.78 is 9.99. The van der Waals surface area contributed by atoms with Crippen LogP contribution >= 0.6 is 0 Å². The standard InChI is InChI=1S/C16H15N3O7/c1-25-16(24)9(6-8-2-3-11(21)13(23)12(8)22)14-19-10(7-17)15(26-14)18-4-5-20/h2-3,6,18,20-23H,4-5H2,1H3/b9-6-. The van der Waals surface area contributed by atoms with Crippen LogP contribution in [0.15, 0.2) is 16.5 Å². The molecule has 0 atom stereocenters. The maximum atomic E-state index is 12.1. The van der Waals surface area contributed by atoms with Gasteiger partial charge in [-0.05, 0) is 18.2 Å². The number of phenolic OH excluding ortho intramolecular Hbond substituents is 3. The highest BCUT2D eigenvalue weighted by molar-refractivity contribution is 6.20. The number of hydrogen-bond donors (Lipinski definition) is 5. The van der Waals surface area contributed by atoms with Crippen LogP contribution in [-0.4, -0.2) is 51.6 Å². The molecule has 1 heterocycles. The van der Waals surface area contributed by atoms with E-state index in [1.54, 1.807) is 6.07 Å². The van der Waals surface area contributed by atoms with Crippen LogP contribution in [0.1, 0.15) is 17.1 Å². The van der Waals surface area contributed by atoms with Crippen molar-refractivity contribution in [3.05, 3.63) is 29.3 Å². The molecule has 1 aromatic heterocycles. The largest absolute Gasteiger partial charge is 0.504 e. The summed E-state index contributed by atoms with van der Waals surface area (Å²) in [6, 6.07) is 4.13. The Bertz CT molecular complexity index is 896. The number of aliphatic hydroxyl groups is 1. The Balaban J connectivity index is 2.56. The number of anilines is 1. The van der Waals surface area contributed by atoms with Gasteiger partial charge in [0.25, 0.3) is 0 Å². The van der Waals surface area contributed by atoms with E-state index in [-0.39, 0.29) is 41.8 Å². The van der Waals surface area contributed by atoms with Crippen LogP contribution in [0.2, 0.25) is 0 Å². The van der Waals surface area contributed by atoms with Crippen molar-refractivity contribution in [2.24, 2.45) is 0 Å². The number of methoxy groups -OCH3 is 1. The molecule has 10 nitrogen and oxygen atoms in total. The number of carbonyl (C=O) groups excluding carboxylic acids is 1. The van der Waals surface area contributed by atoms with Gasteiger partial charge in [0.2, 0.25) is 23.2 Å². The van der Waals surface area contributed by atoms with Crippen molar-refractivity contribution < 1.29 is 34.4 Å². The molecule has 1 aromatic carbocycles. The van der Waals surface area contributed by atoms with Crippen molar-refractivity contribution in [2.75, 3.05) is 25.6 Å². The fraction of sp³-hybridized carbons (Fsp3) is 0.188. The Labute approximate surface area is 147 Å². The molecule has 10 heteroatoms. The summed E-state index contributed by atoms with van der Waals surface area (Å²) in [7, 11) is 1.11. The molecule has 2 aromatic rings. The Morgan fingerprint density at radius 2 is 2.12 bits per heavy atom. The number of nitrogens with one attached hydrogen (secondary N) is 1. The predicted octanol–water partition coefficient (Wildman–Crippen LogP) is 0.781. The minimum absolute atomic E-state index is 0.0257. The molecule has 0 aliphatic carbocycles. The zero-order chi connectivity index (χ0) is 19.3. The lowest BCUT2D eigenvalue weighted by atomic mass is 10.1. The molecule has 0 amide bonds. The van der Waals surface area contributed by atoms with E-state index in [9.17, 15) is 20.1 Å². The topological polar surface area (TPSA) is 169 Å². The van der Waals surface area contributed by atoms with Crippen LogP contribution in [0.4, 0.5) is 5.88 Å². The van der Waals surface area contributed by atoms with E-state index in [0.717, 1.165) is 19.3 Å². The van der Waals surface area contributed by atoms with Gasteiger partial charge in [0.15, 0.2) is 11.5 Å². The molecule has 0 saturated carbocycles. The summed E-state index contributed by atoms with van der Waals surface area (Å²) in [4.78, 5) is 16.0. The van der Waals surface area contributed by atoms with Crippen LogP contribution in [0.3, 0.4) is 0 Å². The first-order chi connectivity index (χ1) is 12.4. The smallest absolute Gasteiger partial charge is 0.343 e. The number of benzene rings is 1. The Hall–Kier alpha value is -3.71. The third-order valence-corrected chi connectivity index (χ3v) is 3.23. The number of ether oxygens (including phenoxy) is 1. The van der Waals surface area contributed by atoms with Crippen LogP contribution in [0.5, 0.6) is 17.2 Å². The molecule has 0 unspecified atom stereocenters. The van der Waals surface area contributed by atoms with Crippen molar-refractivity contribution >= 4 is 23.5 Å². The Morgan fingerprint density at radius 3 is 2.73 bits per heavy atom. The molecular weight excluding hydrogens is 346 g/mol. The second kappa shape index (κ2) is 7.91. The SMILES string of the molecule is COC(=O)/C(=C\c1ccc(O)c(O)c1O)c1nc(C#N)c(NCCO)o1. The third-order valence-electron chi connectivity index (χ3n) is 3.23. The van der Waals surface area contributed by atoms with Crippen LogP contribution in [-0.2, 0) is 9.53 Å². The summed E-state index contributed by atoms with van der Waals surface area (Å²) in [5, 5.41) is 49.4. The molecule has 0 fully saturated rings. The molecule has 26 heavy (non-hydrogen) atoms. The number of oxazole rings is 1. The van der Waals surface area contributed by atoms with Crippen LogP contribution in [0.25, 0.3) is 11.6 Å². The maximum absolute atomic E-state index is 12.1. The van der Waals surface area contributed by atoms with Gasteiger partial charge in [0.1, 0.15) is 11.6 Å². The van der Waals surface area contributed by atoms with Gasteiger partial charge in [0.05, 0.1) is 13.7 Å². The van der Waals surface area contributed by atoms with Gasteiger partial charge in [-0.15, -0.1) is 0 Å². The molecule has 0 bridgehead atoms. The fourth-order valence-corrected chi connectivity index (χ4v) is 1.97. The first kappa shape index (κ1) is 18.6. The number of esters is 1. The number of carbonyl (C=O) groups is 1. The van der Waals surface area contributed by atoms with E-state index in [4.69, 9.17) is 14.8 Å². The van der Waals surface area contributed by atoms with Crippen molar-refractivity contribution in [3.8, 4) is 23.3 Å². The molecule has 2 rings (SSSR count). The Kier molecular flexibility index (Phi) is 5.67. The molecule has 0 spiro atoms. The molecular formula is C16H15N3O7. The average molecular weight is 361 g/mol. The van der Waals surface area contributed by atoms with Gasteiger partial charge < -0.3 is 34.9 Å². The van der Waals surface area contributed by atoms with Gasteiger partial charge in [0, 0.05) is 12.1 Å². The van der Waals surface area contributed by atoms with Gasteiger partial charge in [-0.3, -0.25) is 0 Å². The van der Waals surface area contributed by atoms with Crippen LogP contribution in [0, 0.1) is 11.3 Å². The summed E-state index contributed by atoms with van der Waals surface area (Å²) in [6.45, 7) is -0.130. The van der Waals surface area contributed by atoms with Gasteiger partial charge in [-0.2, -0.15) is 10.2 Å². The van der Waals surface area contributed by atoms with E-state index in [2.05, 4.69) is 15.0 Å². The molecule has 0 radical (unpaired) electrons. The van der Waals surface area contributed by atoms with E-state index < -0.39 is 23.2 Å². The number of aromatic nitrogens is 1. The normalized spacial score (nSPS) is 11.0. The van der Waals surface area contributed by atoms with Gasteiger partial charge in [-0.25, -0.2) is 4.79 Å². The number of aromatic hydroxyl groups is 3. The number of rotatable bonds is 6. The summed E-state index contributed by atoms with van der Waals surface area (Å²) >= 11 is 0. The lowest BCUT2D eigenvalue weighted by molar-refractivity contribution is -0.133. The molecule has 0 aliphatic rings. The lowest BCUT2D eigenvalue weighted by Crippen LogP contribution is -2.05. The van der Waals surface area contributed by atoms with Crippen molar-refractivity contribution in [2.45, 2.75) is 0 Å². The summed E-state index contributed by atoms with van der Waals surface area (Å²) in [5.41, 5.74) is -0.426. The van der Waals surface area contributed by atoms with Crippen molar-refractivity contribution in [3.63, 3.8) is 0 Å². The quantitative estimate of drug-likeness (QED) is 0.281. The van der Waals surface area contributed by atoms with Crippen molar-refractivity contribution in [1.82, 2.24) is 4.98 Å². The highest BCUT2D eigenvalue weighted by atomic mass is 16.5. The van der Waals surface area contributed by atoms with E-state index in [1.807, 2.05) is 0 Å². The predicted molar refractivity (Wildman–Crippen MR) is 88.1 cm³/mol. The Morgan fingerprint density at radius 1 is 1.38 bits per heavy atom. The van der Waals surface area contributed by atoms with Gasteiger partial charge >= 0.3 is 5.97 Å². The second-order valence-electron chi connectivity index (χ2n) is 4.88. The number of phenols is 3. The minimum Gasteiger partial charge on any atom is -0.504 e. The number of aliphatic hydroxyl groups excluding tert-OH is 1. The van der Waals surface area contributed by atoms with Gasteiger partial charge in [-0.1, -0.05) is 0 Å². The van der Waals surface area contributed by atoms with E-state index >= 15 is 0 Å². The average Bonchev–Trinajstić information content (AvgIpc) is 3.06. The highest BCUT2D eigenvalue weighted by Gasteiger charge is 2.23. The molecule has 136 valence electrons. The molecule has 0 aliphatic heterocycles. The summed E-state index contributed by atoms with van der Waals surface area (Å²) in [5.74, 6) is -3.19. The molecule has 0 saturated heterocycles. The zero-order valence-electron chi connectivity index (χ0n) is 13.6. The lowest BCUT2D eigenvalue weighted by Gasteiger charge is -2.06. The fourth-order valence-electron chi connectivity index (χ4n) is 1.97. The number of nitriles is 1. The van der Waals surface area contributed by atoms with E-state index in [0.29, 0.717) is 0 Å².